The van der Waals surface area contributed by atoms with Crippen molar-refractivity contribution in [3.05, 3.63) is 23.8 Å². The van der Waals surface area contributed by atoms with Crippen LogP contribution < -0.4 is 9.47 Å². The van der Waals surface area contributed by atoms with Crippen LogP contribution in [0.15, 0.2) is 18.2 Å². The summed E-state index contributed by atoms with van der Waals surface area (Å²) in [6.45, 7) is 4.89. The number of esters is 1. The summed E-state index contributed by atoms with van der Waals surface area (Å²) in [5.74, 6) is 0.958. The van der Waals surface area contributed by atoms with E-state index in [1.54, 1.807) is 18.2 Å². The molecule has 1 heterocycles. The normalized spacial score (nSPS) is 14.3. The molecule has 1 aliphatic rings. The van der Waals surface area contributed by atoms with E-state index < -0.39 is 0 Å². The Balaban J connectivity index is 2.20. The third kappa shape index (κ3) is 2.90. The summed E-state index contributed by atoms with van der Waals surface area (Å²) in [6, 6.07) is 5.11. The molecule has 0 bridgehead atoms. The Labute approximate surface area is 100 Å². The van der Waals surface area contributed by atoms with Crippen LogP contribution in [0.25, 0.3) is 0 Å². The lowest BCUT2D eigenvalue weighted by atomic mass is 10.2. The number of fused-ring (bicyclic) bond motifs is 1. The van der Waals surface area contributed by atoms with Gasteiger partial charge >= 0.3 is 5.97 Å². The van der Waals surface area contributed by atoms with Crippen molar-refractivity contribution in [2.75, 3.05) is 13.2 Å². The molecule has 0 aromatic heterocycles. The summed E-state index contributed by atoms with van der Waals surface area (Å²) < 4.78 is 16.1. The molecule has 0 saturated carbocycles. The van der Waals surface area contributed by atoms with E-state index in [1.165, 1.54) is 0 Å². The second kappa shape index (κ2) is 5.08. The molecule has 1 aromatic rings. The largest absolute Gasteiger partial charge is 0.490 e. The highest BCUT2D eigenvalue weighted by Gasteiger charge is 2.15. The summed E-state index contributed by atoms with van der Waals surface area (Å²) in [5.41, 5.74) is 0.489. The third-order valence-electron chi connectivity index (χ3n) is 2.33. The summed E-state index contributed by atoms with van der Waals surface area (Å²) in [4.78, 5) is 11.7. The van der Waals surface area contributed by atoms with Gasteiger partial charge in [0.25, 0.3) is 0 Å². The molecule has 0 atom stereocenters. The van der Waals surface area contributed by atoms with Crippen molar-refractivity contribution in [1.82, 2.24) is 0 Å². The highest BCUT2D eigenvalue weighted by molar-refractivity contribution is 5.90. The second-order valence-electron chi connectivity index (χ2n) is 4.17. The van der Waals surface area contributed by atoms with Gasteiger partial charge in [0, 0.05) is 6.42 Å². The van der Waals surface area contributed by atoms with Crippen molar-refractivity contribution in [2.45, 2.75) is 26.4 Å². The fourth-order valence-corrected chi connectivity index (χ4v) is 1.57. The van der Waals surface area contributed by atoms with Crippen molar-refractivity contribution in [3.8, 4) is 11.5 Å². The van der Waals surface area contributed by atoms with E-state index >= 15 is 0 Å². The van der Waals surface area contributed by atoms with E-state index in [4.69, 9.17) is 14.2 Å². The summed E-state index contributed by atoms with van der Waals surface area (Å²) in [6.07, 6.45) is 0.721. The molecule has 0 unspecified atom stereocenters. The van der Waals surface area contributed by atoms with Gasteiger partial charge in [-0.25, -0.2) is 4.79 Å². The Kier molecular flexibility index (Phi) is 3.52. The zero-order valence-electron chi connectivity index (χ0n) is 10.1. The number of hydrogen-bond acceptors (Lipinski definition) is 4. The Morgan fingerprint density at radius 3 is 2.65 bits per heavy atom. The van der Waals surface area contributed by atoms with Crippen LogP contribution in [0.1, 0.15) is 30.6 Å². The van der Waals surface area contributed by atoms with Crippen molar-refractivity contribution >= 4 is 5.97 Å². The van der Waals surface area contributed by atoms with Gasteiger partial charge in [0.2, 0.25) is 0 Å². The average Bonchev–Trinajstić information content (AvgIpc) is 2.51. The summed E-state index contributed by atoms with van der Waals surface area (Å²) in [7, 11) is 0. The minimum atomic E-state index is -0.337. The number of ether oxygens (including phenoxy) is 3. The van der Waals surface area contributed by atoms with E-state index in [1.807, 2.05) is 13.8 Å². The number of carbonyl (C=O) groups is 1. The molecule has 0 N–H and O–H groups in total. The molecular formula is C13H16O4. The van der Waals surface area contributed by atoms with Gasteiger partial charge in [-0.2, -0.15) is 0 Å². The average molecular weight is 236 g/mol. The maximum absolute atomic E-state index is 11.7. The minimum Gasteiger partial charge on any atom is -0.490 e. The lowest BCUT2D eigenvalue weighted by Gasteiger charge is -2.10. The predicted octanol–water partition coefficient (Wildman–Crippen LogP) is 2.41. The molecule has 92 valence electrons. The first-order chi connectivity index (χ1) is 8.16. The highest BCUT2D eigenvalue weighted by Crippen LogP contribution is 2.30. The van der Waals surface area contributed by atoms with Gasteiger partial charge in [0.1, 0.15) is 0 Å². The lowest BCUT2D eigenvalue weighted by Crippen LogP contribution is -2.11. The third-order valence-corrected chi connectivity index (χ3v) is 2.33. The first kappa shape index (κ1) is 11.8. The molecule has 1 aromatic carbocycles. The SMILES string of the molecule is CC(C)OC(=O)c1ccc2c(c1)OCCCO2. The van der Waals surface area contributed by atoms with E-state index in [0.717, 1.165) is 6.42 Å². The number of rotatable bonds is 2. The molecule has 0 radical (unpaired) electrons. The number of benzene rings is 1. The smallest absolute Gasteiger partial charge is 0.338 e. The van der Waals surface area contributed by atoms with Crippen molar-refractivity contribution in [3.63, 3.8) is 0 Å². The van der Waals surface area contributed by atoms with Crippen LogP contribution in [0.5, 0.6) is 11.5 Å². The van der Waals surface area contributed by atoms with E-state index in [-0.39, 0.29) is 12.1 Å². The topological polar surface area (TPSA) is 44.8 Å². The summed E-state index contributed by atoms with van der Waals surface area (Å²) in [5, 5.41) is 0. The molecule has 0 aliphatic carbocycles. The van der Waals surface area contributed by atoms with Gasteiger partial charge < -0.3 is 14.2 Å². The van der Waals surface area contributed by atoms with E-state index in [0.29, 0.717) is 30.3 Å². The van der Waals surface area contributed by atoms with Crippen molar-refractivity contribution < 1.29 is 19.0 Å². The van der Waals surface area contributed by atoms with Gasteiger partial charge in [-0.15, -0.1) is 0 Å². The molecule has 0 amide bonds. The monoisotopic (exact) mass is 236 g/mol. The van der Waals surface area contributed by atoms with Crippen molar-refractivity contribution in [1.29, 1.82) is 0 Å². The van der Waals surface area contributed by atoms with Crippen LogP contribution in [-0.2, 0) is 4.74 Å². The molecule has 1 aliphatic heterocycles. The van der Waals surface area contributed by atoms with E-state index in [2.05, 4.69) is 0 Å². The highest BCUT2D eigenvalue weighted by atomic mass is 16.5. The first-order valence-corrected chi connectivity index (χ1v) is 5.77. The molecule has 0 saturated heterocycles. The number of hydrogen-bond donors (Lipinski definition) is 0. The Bertz CT molecular complexity index is 412. The van der Waals surface area contributed by atoms with E-state index in [9.17, 15) is 4.79 Å². The van der Waals surface area contributed by atoms with Gasteiger partial charge in [-0.3, -0.25) is 0 Å². The zero-order valence-corrected chi connectivity index (χ0v) is 10.1. The van der Waals surface area contributed by atoms with Crippen LogP contribution >= 0.6 is 0 Å². The maximum atomic E-state index is 11.7. The summed E-state index contributed by atoms with van der Waals surface area (Å²) >= 11 is 0. The van der Waals surface area contributed by atoms with Crippen LogP contribution in [0.2, 0.25) is 0 Å². The standard InChI is InChI=1S/C13H16O4/c1-9(2)17-13(14)10-4-5-11-12(8-10)16-7-3-6-15-11/h4-5,8-9H,3,6-7H2,1-2H3. The molecule has 2 rings (SSSR count). The fourth-order valence-electron chi connectivity index (χ4n) is 1.57. The van der Waals surface area contributed by atoms with Crippen LogP contribution in [0, 0.1) is 0 Å². The molecule has 0 spiro atoms. The molecule has 17 heavy (non-hydrogen) atoms. The quantitative estimate of drug-likeness (QED) is 0.740. The molecule has 4 heteroatoms. The van der Waals surface area contributed by atoms with Gasteiger partial charge in [0.15, 0.2) is 11.5 Å². The van der Waals surface area contributed by atoms with Gasteiger partial charge in [-0.1, -0.05) is 0 Å². The molecule has 4 nitrogen and oxygen atoms in total. The van der Waals surface area contributed by atoms with Gasteiger partial charge in [0.05, 0.1) is 24.9 Å². The molecule has 0 fully saturated rings. The molecular weight excluding hydrogens is 220 g/mol. The predicted molar refractivity (Wildman–Crippen MR) is 62.6 cm³/mol. The van der Waals surface area contributed by atoms with Crippen molar-refractivity contribution in [2.24, 2.45) is 0 Å². The minimum absolute atomic E-state index is 0.126. The van der Waals surface area contributed by atoms with Gasteiger partial charge in [-0.05, 0) is 32.0 Å². The van der Waals surface area contributed by atoms with Crippen LogP contribution in [0.4, 0.5) is 0 Å². The Morgan fingerprint density at radius 2 is 1.94 bits per heavy atom. The Morgan fingerprint density at radius 1 is 1.24 bits per heavy atom. The lowest BCUT2D eigenvalue weighted by molar-refractivity contribution is 0.0377. The van der Waals surface area contributed by atoms with Crippen LogP contribution in [-0.4, -0.2) is 25.3 Å². The zero-order chi connectivity index (χ0) is 12.3. The second-order valence-corrected chi connectivity index (χ2v) is 4.17. The number of carbonyl (C=O) groups excluding carboxylic acids is 1. The van der Waals surface area contributed by atoms with Crippen LogP contribution in [0.3, 0.4) is 0 Å². The fraction of sp³-hybridized carbons (Fsp3) is 0.462. The Hall–Kier alpha value is -1.71. The first-order valence-electron chi connectivity index (χ1n) is 5.77. The maximum Gasteiger partial charge on any atom is 0.338 e.